The summed E-state index contributed by atoms with van der Waals surface area (Å²) >= 11 is 1.80. The molecule has 0 bridgehead atoms. The second-order valence-corrected chi connectivity index (χ2v) is 9.57. The van der Waals surface area contributed by atoms with Crippen LogP contribution in [0.4, 0.5) is 10.5 Å². The van der Waals surface area contributed by atoms with E-state index >= 15 is 0 Å². The monoisotopic (exact) mass is 414 g/mol. The number of carbonyl (C=O) groups excluding carboxylic acids is 1. The van der Waals surface area contributed by atoms with Crippen LogP contribution in [0.25, 0.3) is 10.8 Å². The number of hydrogen-bond acceptors (Lipinski definition) is 4. The molecule has 6 heteroatoms. The summed E-state index contributed by atoms with van der Waals surface area (Å²) in [6, 6.07) is 7.09. The van der Waals surface area contributed by atoms with Crippen LogP contribution in [0.3, 0.4) is 0 Å². The number of fused-ring (bicyclic) bond motifs is 1. The largest absolute Gasteiger partial charge is 0.368 e. The molecule has 1 aliphatic carbocycles. The number of rotatable bonds is 5. The zero-order chi connectivity index (χ0) is 20.2. The quantitative estimate of drug-likeness (QED) is 0.795. The van der Waals surface area contributed by atoms with Crippen molar-refractivity contribution >= 4 is 33.8 Å². The average molecular weight is 415 g/mol. The SMILES string of the molecule is CN(C)C(=O)N[C@H]1CC[C@H](CCN2CCN(c3cccc4cscc34)CC2)CC1. The number of thiophene rings is 1. The van der Waals surface area contributed by atoms with Gasteiger partial charge in [0.05, 0.1) is 0 Å². The highest BCUT2D eigenvalue weighted by atomic mass is 32.1. The maximum absolute atomic E-state index is 11.8. The van der Waals surface area contributed by atoms with Gasteiger partial charge in [0.25, 0.3) is 0 Å². The van der Waals surface area contributed by atoms with Gasteiger partial charge in [-0.1, -0.05) is 12.1 Å². The summed E-state index contributed by atoms with van der Waals surface area (Å²) < 4.78 is 0. The minimum Gasteiger partial charge on any atom is -0.368 e. The molecule has 2 amide bonds. The lowest BCUT2D eigenvalue weighted by molar-refractivity contribution is 0.194. The molecule has 0 atom stereocenters. The fraction of sp³-hybridized carbons (Fsp3) is 0.609. The van der Waals surface area contributed by atoms with E-state index in [2.05, 4.69) is 44.1 Å². The molecule has 0 radical (unpaired) electrons. The molecule has 1 saturated carbocycles. The molecule has 0 unspecified atom stereocenters. The fourth-order valence-corrected chi connectivity index (χ4v) is 5.54. The highest BCUT2D eigenvalue weighted by Gasteiger charge is 2.24. The number of carbonyl (C=O) groups is 1. The van der Waals surface area contributed by atoms with Crippen LogP contribution in [0.2, 0.25) is 0 Å². The second kappa shape index (κ2) is 9.35. The molecule has 4 rings (SSSR count). The molecule has 1 saturated heterocycles. The van der Waals surface area contributed by atoms with E-state index in [1.807, 2.05) is 14.1 Å². The zero-order valence-electron chi connectivity index (χ0n) is 17.8. The van der Waals surface area contributed by atoms with Gasteiger partial charge in [-0.25, -0.2) is 4.79 Å². The van der Waals surface area contributed by atoms with E-state index in [-0.39, 0.29) is 6.03 Å². The third-order valence-corrected chi connectivity index (χ3v) is 7.41. The van der Waals surface area contributed by atoms with Gasteiger partial charge in [-0.05, 0) is 61.4 Å². The van der Waals surface area contributed by atoms with Gasteiger partial charge in [-0.3, -0.25) is 4.90 Å². The lowest BCUT2D eigenvalue weighted by Gasteiger charge is -2.37. The Balaban J connectivity index is 1.18. The van der Waals surface area contributed by atoms with Crippen molar-refractivity contribution in [1.82, 2.24) is 15.1 Å². The molecule has 2 aliphatic rings. The van der Waals surface area contributed by atoms with Crippen molar-refractivity contribution in [1.29, 1.82) is 0 Å². The van der Waals surface area contributed by atoms with Crippen molar-refractivity contribution < 1.29 is 4.79 Å². The Morgan fingerprint density at radius 1 is 1.10 bits per heavy atom. The predicted molar refractivity (Wildman–Crippen MR) is 123 cm³/mol. The third kappa shape index (κ3) is 5.04. The van der Waals surface area contributed by atoms with Crippen molar-refractivity contribution in [2.24, 2.45) is 5.92 Å². The summed E-state index contributed by atoms with van der Waals surface area (Å²) in [7, 11) is 3.61. The summed E-state index contributed by atoms with van der Waals surface area (Å²) in [5.74, 6) is 0.820. The molecular weight excluding hydrogens is 380 g/mol. The van der Waals surface area contributed by atoms with E-state index in [0.29, 0.717) is 6.04 Å². The number of urea groups is 1. The molecule has 2 fully saturated rings. The van der Waals surface area contributed by atoms with E-state index in [1.54, 1.807) is 16.2 Å². The Morgan fingerprint density at radius 3 is 2.59 bits per heavy atom. The summed E-state index contributed by atoms with van der Waals surface area (Å²) in [6.45, 7) is 5.79. The minimum atomic E-state index is 0.0458. The van der Waals surface area contributed by atoms with E-state index in [9.17, 15) is 4.79 Å². The summed E-state index contributed by atoms with van der Waals surface area (Å²) in [5, 5.41) is 10.5. The van der Waals surface area contributed by atoms with Crippen LogP contribution >= 0.6 is 11.3 Å². The van der Waals surface area contributed by atoms with Crippen LogP contribution in [-0.2, 0) is 0 Å². The minimum absolute atomic E-state index is 0.0458. The summed E-state index contributed by atoms with van der Waals surface area (Å²) in [4.78, 5) is 18.6. The molecule has 2 aromatic rings. The van der Waals surface area contributed by atoms with Crippen molar-refractivity contribution in [3.63, 3.8) is 0 Å². The number of nitrogens with zero attached hydrogens (tertiary/aromatic N) is 3. The van der Waals surface area contributed by atoms with E-state index in [0.717, 1.165) is 44.9 Å². The Labute approximate surface area is 178 Å². The van der Waals surface area contributed by atoms with Gasteiger partial charge < -0.3 is 15.1 Å². The molecule has 1 aromatic heterocycles. The molecule has 1 aromatic carbocycles. The van der Waals surface area contributed by atoms with Gasteiger partial charge in [-0.2, -0.15) is 11.3 Å². The topological polar surface area (TPSA) is 38.8 Å². The van der Waals surface area contributed by atoms with Crippen molar-refractivity contribution in [2.45, 2.75) is 38.1 Å². The predicted octanol–water partition coefficient (Wildman–Crippen LogP) is 4.24. The molecule has 1 N–H and O–H groups in total. The van der Waals surface area contributed by atoms with E-state index in [4.69, 9.17) is 0 Å². The normalized spacial score (nSPS) is 23.3. The van der Waals surface area contributed by atoms with Crippen molar-refractivity contribution in [2.75, 3.05) is 51.7 Å². The van der Waals surface area contributed by atoms with Crippen LogP contribution in [0.15, 0.2) is 29.0 Å². The van der Waals surface area contributed by atoms with Gasteiger partial charge in [-0.15, -0.1) is 0 Å². The first-order chi connectivity index (χ1) is 14.1. The van der Waals surface area contributed by atoms with Gasteiger partial charge in [0.2, 0.25) is 0 Å². The first kappa shape index (κ1) is 20.5. The number of piperazine rings is 1. The van der Waals surface area contributed by atoms with Crippen LogP contribution in [0.5, 0.6) is 0 Å². The van der Waals surface area contributed by atoms with Gasteiger partial charge in [0.15, 0.2) is 0 Å². The van der Waals surface area contributed by atoms with Crippen molar-refractivity contribution in [3.05, 3.63) is 29.0 Å². The smallest absolute Gasteiger partial charge is 0.317 e. The second-order valence-electron chi connectivity index (χ2n) is 8.83. The molecule has 158 valence electrons. The maximum Gasteiger partial charge on any atom is 0.317 e. The fourth-order valence-electron chi connectivity index (χ4n) is 4.73. The molecular formula is C23H34N4OS. The Hall–Kier alpha value is -1.79. The zero-order valence-corrected chi connectivity index (χ0v) is 18.6. The number of hydrogen-bond donors (Lipinski definition) is 1. The van der Waals surface area contributed by atoms with Crippen LogP contribution in [0, 0.1) is 5.92 Å². The molecule has 1 aliphatic heterocycles. The first-order valence-electron chi connectivity index (χ1n) is 11.0. The highest BCUT2D eigenvalue weighted by molar-refractivity contribution is 7.09. The average Bonchev–Trinajstić information content (AvgIpc) is 3.22. The molecule has 29 heavy (non-hydrogen) atoms. The number of amides is 2. The lowest BCUT2D eigenvalue weighted by atomic mass is 9.84. The molecule has 5 nitrogen and oxygen atoms in total. The van der Waals surface area contributed by atoms with Gasteiger partial charge in [0.1, 0.15) is 0 Å². The van der Waals surface area contributed by atoms with Crippen molar-refractivity contribution in [3.8, 4) is 0 Å². The third-order valence-electron chi connectivity index (χ3n) is 6.64. The van der Waals surface area contributed by atoms with Gasteiger partial charge in [0, 0.05) is 62.8 Å². The molecule has 0 spiro atoms. The van der Waals surface area contributed by atoms with E-state index < -0.39 is 0 Å². The summed E-state index contributed by atoms with van der Waals surface area (Å²) in [6.07, 6.45) is 6.05. The first-order valence-corrected chi connectivity index (χ1v) is 11.9. The highest BCUT2D eigenvalue weighted by Crippen LogP contribution is 2.31. The van der Waals surface area contributed by atoms with Gasteiger partial charge >= 0.3 is 6.03 Å². The Kier molecular flexibility index (Phi) is 6.60. The number of anilines is 1. The Morgan fingerprint density at radius 2 is 1.86 bits per heavy atom. The lowest BCUT2D eigenvalue weighted by Crippen LogP contribution is -2.47. The summed E-state index contributed by atoms with van der Waals surface area (Å²) in [5.41, 5.74) is 1.40. The van der Waals surface area contributed by atoms with Crippen LogP contribution in [0.1, 0.15) is 32.1 Å². The maximum atomic E-state index is 11.8. The Bertz CT molecular complexity index is 804. The standard InChI is InChI=1S/C23H34N4OS/c1-25(2)23(28)24-20-8-6-18(7-9-20)10-11-26-12-14-27(15-13-26)22-5-3-4-19-16-29-17-21(19)22/h3-5,16-18,20H,6-15H2,1-2H3,(H,24,28)/t18-,20-. The number of benzene rings is 1. The molecule has 2 heterocycles. The van der Waals surface area contributed by atoms with E-state index in [1.165, 1.54) is 42.3 Å². The van der Waals surface area contributed by atoms with Crippen LogP contribution < -0.4 is 10.2 Å². The van der Waals surface area contributed by atoms with Crippen LogP contribution in [-0.4, -0.2) is 68.7 Å². The number of nitrogens with one attached hydrogen (secondary N) is 1.